The molecule has 0 radical (unpaired) electrons. The number of rotatable bonds is 5. The Morgan fingerprint density at radius 2 is 1.88 bits per heavy atom. The predicted molar refractivity (Wildman–Crippen MR) is 104 cm³/mol. The lowest BCUT2D eigenvalue weighted by atomic mass is 10.1. The zero-order valence-electron chi connectivity index (χ0n) is 14.4. The van der Waals surface area contributed by atoms with E-state index in [2.05, 4.69) is 21.1 Å². The molecule has 26 heavy (non-hydrogen) atoms. The average Bonchev–Trinajstić information content (AvgIpc) is 2.67. The van der Waals surface area contributed by atoms with Crippen molar-refractivity contribution < 1.29 is 8.42 Å². The van der Waals surface area contributed by atoms with Crippen LogP contribution in [-0.2, 0) is 22.9 Å². The van der Waals surface area contributed by atoms with Crippen molar-refractivity contribution in [1.82, 2.24) is 9.71 Å². The van der Waals surface area contributed by atoms with E-state index >= 15 is 0 Å². The van der Waals surface area contributed by atoms with Gasteiger partial charge in [0.25, 0.3) is 0 Å². The number of nitrogens with zero attached hydrogens (tertiary/aromatic N) is 1. The Morgan fingerprint density at radius 1 is 1.04 bits per heavy atom. The quantitative estimate of drug-likeness (QED) is 0.727. The highest BCUT2D eigenvalue weighted by Crippen LogP contribution is 2.20. The van der Waals surface area contributed by atoms with Crippen molar-refractivity contribution in [1.29, 1.82) is 0 Å². The van der Waals surface area contributed by atoms with Gasteiger partial charge in [-0.05, 0) is 47.4 Å². The van der Waals surface area contributed by atoms with E-state index in [1.165, 1.54) is 5.56 Å². The van der Waals surface area contributed by atoms with Gasteiger partial charge in [-0.25, -0.2) is 18.1 Å². The summed E-state index contributed by atoms with van der Waals surface area (Å²) >= 11 is 0. The van der Waals surface area contributed by atoms with Crippen molar-refractivity contribution >= 4 is 26.6 Å². The van der Waals surface area contributed by atoms with Gasteiger partial charge in [-0.15, -0.1) is 0 Å². The fourth-order valence-corrected chi connectivity index (χ4v) is 4.31. The topological polar surface area (TPSA) is 71.1 Å². The fourth-order valence-electron chi connectivity index (χ4n) is 3.24. The molecule has 4 rings (SSSR count). The Bertz CT molecular complexity index is 1050. The van der Waals surface area contributed by atoms with E-state index in [0.29, 0.717) is 13.0 Å². The maximum Gasteiger partial charge on any atom is 0.240 e. The first-order valence-electron chi connectivity index (χ1n) is 8.83. The molecular weight excluding hydrogens is 346 g/mol. The van der Waals surface area contributed by atoms with Gasteiger partial charge in [0.2, 0.25) is 10.0 Å². The minimum absolute atomic E-state index is 0.288. The molecular formula is C20H21N3O2S. The highest BCUT2D eigenvalue weighted by atomic mass is 32.2. The van der Waals surface area contributed by atoms with Gasteiger partial charge in [-0.1, -0.05) is 36.4 Å². The van der Waals surface area contributed by atoms with Crippen molar-refractivity contribution in [3.8, 4) is 0 Å². The van der Waals surface area contributed by atoms with Gasteiger partial charge in [0.15, 0.2) is 0 Å². The summed E-state index contributed by atoms with van der Waals surface area (Å²) in [6.45, 7) is 1.26. The normalized spacial score (nSPS) is 14.0. The maximum atomic E-state index is 12.6. The summed E-state index contributed by atoms with van der Waals surface area (Å²) in [4.78, 5) is 4.89. The van der Waals surface area contributed by atoms with E-state index in [1.54, 1.807) is 12.1 Å². The number of hydrogen-bond donors (Lipinski definition) is 2. The second-order valence-electron chi connectivity index (χ2n) is 6.50. The third kappa shape index (κ3) is 3.57. The number of aromatic nitrogens is 1. The molecule has 0 saturated heterocycles. The Morgan fingerprint density at radius 3 is 2.77 bits per heavy atom. The van der Waals surface area contributed by atoms with E-state index in [4.69, 9.17) is 0 Å². The molecule has 0 bridgehead atoms. The van der Waals surface area contributed by atoms with Gasteiger partial charge < -0.3 is 5.32 Å². The van der Waals surface area contributed by atoms with Gasteiger partial charge in [-0.2, -0.15) is 0 Å². The van der Waals surface area contributed by atoms with Crippen LogP contribution in [0.4, 0.5) is 5.82 Å². The molecule has 0 fully saturated rings. The largest absolute Gasteiger partial charge is 0.370 e. The molecule has 0 aliphatic carbocycles. The van der Waals surface area contributed by atoms with E-state index < -0.39 is 10.0 Å². The van der Waals surface area contributed by atoms with Gasteiger partial charge in [0.1, 0.15) is 5.82 Å². The van der Waals surface area contributed by atoms with Gasteiger partial charge in [-0.3, -0.25) is 0 Å². The number of pyridine rings is 1. The number of anilines is 1. The summed E-state index contributed by atoms with van der Waals surface area (Å²) in [6.07, 6.45) is 2.73. The number of benzene rings is 2. The molecule has 2 aromatic carbocycles. The fraction of sp³-hybridized carbons (Fsp3) is 0.250. The van der Waals surface area contributed by atoms with Crippen molar-refractivity contribution in [3.05, 3.63) is 65.9 Å². The Kier molecular flexibility index (Phi) is 4.61. The van der Waals surface area contributed by atoms with Crippen LogP contribution >= 0.6 is 0 Å². The lowest BCUT2D eigenvalue weighted by Gasteiger charge is -2.17. The van der Waals surface area contributed by atoms with Crippen LogP contribution < -0.4 is 10.0 Å². The minimum Gasteiger partial charge on any atom is -0.370 e. The Balaban J connectivity index is 1.44. The molecule has 5 nitrogen and oxygen atoms in total. The summed E-state index contributed by atoms with van der Waals surface area (Å²) in [5.74, 6) is 0.936. The SMILES string of the molecule is O=S(=O)(NCCc1ccc2c(n1)NCCC2)c1ccc2ccccc2c1. The van der Waals surface area contributed by atoms with Crippen molar-refractivity contribution in [3.63, 3.8) is 0 Å². The lowest BCUT2D eigenvalue weighted by Crippen LogP contribution is -2.26. The molecule has 0 saturated carbocycles. The van der Waals surface area contributed by atoms with E-state index in [0.717, 1.165) is 41.7 Å². The first kappa shape index (κ1) is 17.0. The highest BCUT2D eigenvalue weighted by Gasteiger charge is 2.15. The summed E-state index contributed by atoms with van der Waals surface area (Å²) in [5, 5.41) is 5.24. The molecule has 0 unspecified atom stereocenters. The van der Waals surface area contributed by atoms with Crippen LogP contribution in [0, 0.1) is 0 Å². The van der Waals surface area contributed by atoms with Gasteiger partial charge in [0, 0.05) is 25.2 Å². The third-order valence-electron chi connectivity index (χ3n) is 4.66. The smallest absolute Gasteiger partial charge is 0.240 e. The number of nitrogens with one attached hydrogen (secondary N) is 2. The second kappa shape index (κ2) is 7.05. The van der Waals surface area contributed by atoms with Crippen LogP contribution in [0.25, 0.3) is 10.8 Å². The van der Waals surface area contributed by atoms with Crippen LogP contribution in [0.5, 0.6) is 0 Å². The van der Waals surface area contributed by atoms with Crippen molar-refractivity contribution in [2.75, 3.05) is 18.4 Å². The van der Waals surface area contributed by atoms with E-state index in [-0.39, 0.29) is 4.90 Å². The van der Waals surface area contributed by atoms with Crippen molar-refractivity contribution in [2.24, 2.45) is 0 Å². The van der Waals surface area contributed by atoms with Gasteiger partial charge in [0.05, 0.1) is 4.90 Å². The number of fused-ring (bicyclic) bond motifs is 2. The maximum absolute atomic E-state index is 12.6. The Hall–Kier alpha value is -2.44. The molecule has 1 aromatic heterocycles. The van der Waals surface area contributed by atoms with Crippen LogP contribution in [0.3, 0.4) is 0 Å². The summed E-state index contributed by atoms with van der Waals surface area (Å²) in [7, 11) is -3.53. The molecule has 1 aliphatic heterocycles. The van der Waals surface area contributed by atoms with Crippen LogP contribution in [0.1, 0.15) is 17.7 Å². The molecule has 0 atom stereocenters. The molecule has 6 heteroatoms. The molecule has 3 aromatic rings. The van der Waals surface area contributed by atoms with Crippen molar-refractivity contribution in [2.45, 2.75) is 24.2 Å². The molecule has 2 heterocycles. The number of aryl methyl sites for hydroxylation is 1. The third-order valence-corrected chi connectivity index (χ3v) is 6.11. The minimum atomic E-state index is -3.53. The number of hydrogen-bond acceptors (Lipinski definition) is 4. The summed E-state index contributed by atoms with van der Waals surface area (Å²) in [5.41, 5.74) is 2.12. The number of sulfonamides is 1. The second-order valence-corrected chi connectivity index (χ2v) is 8.26. The van der Waals surface area contributed by atoms with E-state index in [9.17, 15) is 8.42 Å². The molecule has 134 valence electrons. The monoisotopic (exact) mass is 367 g/mol. The first-order valence-corrected chi connectivity index (χ1v) is 10.3. The lowest BCUT2D eigenvalue weighted by molar-refractivity contribution is 0.581. The van der Waals surface area contributed by atoms with Crippen LogP contribution in [0.15, 0.2) is 59.5 Å². The molecule has 2 N–H and O–H groups in total. The Labute approximate surface area is 153 Å². The molecule has 0 amide bonds. The zero-order valence-corrected chi connectivity index (χ0v) is 15.2. The van der Waals surface area contributed by atoms with Gasteiger partial charge >= 0.3 is 0 Å². The summed E-state index contributed by atoms with van der Waals surface area (Å²) < 4.78 is 27.8. The molecule has 0 spiro atoms. The predicted octanol–water partition coefficient (Wildman–Crippen LogP) is 3.11. The van der Waals surface area contributed by atoms with Crippen LogP contribution in [0.2, 0.25) is 0 Å². The summed E-state index contributed by atoms with van der Waals surface area (Å²) in [6, 6.07) is 17.0. The van der Waals surface area contributed by atoms with Crippen LogP contribution in [-0.4, -0.2) is 26.5 Å². The van der Waals surface area contributed by atoms with E-state index in [1.807, 2.05) is 36.4 Å². The standard InChI is InChI=1S/C20H21N3O2S/c24-26(25,19-10-8-15-4-1-2-5-17(15)14-19)22-13-11-18-9-7-16-6-3-12-21-20(16)23-18/h1-2,4-5,7-10,14,22H,3,6,11-13H2,(H,21,23). The molecule has 1 aliphatic rings. The highest BCUT2D eigenvalue weighted by molar-refractivity contribution is 7.89. The zero-order chi connectivity index (χ0) is 18.0. The first-order chi connectivity index (χ1) is 12.6. The average molecular weight is 367 g/mol.